The quantitative estimate of drug-likeness (QED) is 0.657. The van der Waals surface area contributed by atoms with E-state index in [1.54, 1.807) is 46.5 Å². The Morgan fingerprint density at radius 3 is 2.21 bits per heavy atom. The van der Waals surface area contributed by atoms with Gasteiger partial charge in [-0.15, -0.1) is 0 Å². The van der Waals surface area contributed by atoms with Gasteiger partial charge in [0.15, 0.2) is 0 Å². The number of hydrogen-bond donors (Lipinski definition) is 1. The molecule has 0 unspecified atom stereocenters. The molecule has 0 fully saturated rings. The van der Waals surface area contributed by atoms with Crippen LogP contribution in [0.15, 0.2) is 42.7 Å². The van der Waals surface area contributed by atoms with E-state index in [0.29, 0.717) is 29.9 Å². The highest BCUT2D eigenvalue weighted by Gasteiger charge is 2.26. The first-order valence-corrected chi connectivity index (χ1v) is 11.7. The van der Waals surface area contributed by atoms with E-state index in [9.17, 15) is 19.5 Å². The Balaban J connectivity index is 2.06. The van der Waals surface area contributed by atoms with Gasteiger partial charge in [-0.3, -0.25) is 9.78 Å². The largest absolute Gasteiger partial charge is 0.478 e. The van der Waals surface area contributed by atoms with Gasteiger partial charge in [0, 0.05) is 36.7 Å². The molecule has 0 aliphatic carbocycles. The van der Waals surface area contributed by atoms with Crippen LogP contribution in [0.2, 0.25) is 0 Å². The lowest BCUT2D eigenvalue weighted by molar-refractivity contribution is 0.0230. The predicted octanol–water partition coefficient (Wildman–Crippen LogP) is 5.13. The van der Waals surface area contributed by atoms with Crippen molar-refractivity contribution in [1.29, 1.82) is 0 Å². The normalized spacial score (nSPS) is 15.5. The van der Waals surface area contributed by atoms with Gasteiger partial charge in [0.05, 0.1) is 12.1 Å². The first-order valence-electron chi connectivity index (χ1n) is 11.7. The topological polar surface area (TPSA) is 100 Å². The molecular weight excluding hydrogens is 434 g/mol. The lowest BCUT2D eigenvalue weighted by Gasteiger charge is -2.31. The number of ether oxygens (including phenoxy) is 1. The molecule has 34 heavy (non-hydrogen) atoms. The van der Waals surface area contributed by atoms with E-state index in [1.165, 1.54) is 6.07 Å². The van der Waals surface area contributed by atoms with Gasteiger partial charge in [0.25, 0.3) is 5.91 Å². The lowest BCUT2D eigenvalue weighted by Crippen LogP contribution is -2.38. The molecule has 0 saturated carbocycles. The average Bonchev–Trinajstić information content (AvgIpc) is 2.78. The third kappa shape index (κ3) is 6.79. The van der Waals surface area contributed by atoms with Crippen molar-refractivity contribution in [3.05, 3.63) is 59.4 Å². The second-order valence-corrected chi connectivity index (χ2v) is 9.51. The highest BCUT2D eigenvalue weighted by molar-refractivity contribution is 6.06. The van der Waals surface area contributed by atoms with Gasteiger partial charge in [0.1, 0.15) is 5.60 Å². The minimum atomic E-state index is -1.07. The number of aromatic nitrogens is 1. The highest BCUT2D eigenvalue weighted by Crippen LogP contribution is 2.28. The number of anilines is 1. The van der Waals surface area contributed by atoms with E-state index in [0.717, 1.165) is 32.1 Å². The molecule has 0 atom stereocenters. The maximum atomic E-state index is 13.5. The number of fused-ring (bicyclic) bond motifs is 1. The van der Waals surface area contributed by atoms with Crippen LogP contribution >= 0.6 is 0 Å². The number of pyridine rings is 1. The molecular formula is C26H33N3O5. The fourth-order valence-electron chi connectivity index (χ4n) is 3.96. The Bertz CT molecular complexity index is 1020. The number of amides is 2. The van der Waals surface area contributed by atoms with E-state index in [1.807, 2.05) is 20.8 Å². The Morgan fingerprint density at radius 2 is 1.56 bits per heavy atom. The number of hydrogen-bond acceptors (Lipinski definition) is 5. The van der Waals surface area contributed by atoms with Crippen LogP contribution in [0.5, 0.6) is 0 Å². The Hall–Kier alpha value is -3.42. The maximum absolute atomic E-state index is 13.5. The molecule has 1 aliphatic heterocycles. The summed E-state index contributed by atoms with van der Waals surface area (Å²) in [6.07, 6.45) is 7.26. The minimum Gasteiger partial charge on any atom is -0.478 e. The smallest absolute Gasteiger partial charge is 0.410 e. The molecule has 1 N–H and O–H groups in total. The first kappa shape index (κ1) is 25.2. The fourth-order valence-corrected chi connectivity index (χ4v) is 3.96. The Labute approximate surface area is 200 Å². The molecule has 0 saturated heterocycles. The monoisotopic (exact) mass is 467 g/mol. The van der Waals surface area contributed by atoms with Gasteiger partial charge in [-0.25, -0.2) is 9.59 Å². The van der Waals surface area contributed by atoms with Gasteiger partial charge >= 0.3 is 12.1 Å². The summed E-state index contributed by atoms with van der Waals surface area (Å²) in [7, 11) is 0. The van der Waals surface area contributed by atoms with E-state index >= 15 is 0 Å². The third-order valence-electron chi connectivity index (χ3n) is 5.61. The van der Waals surface area contributed by atoms with Crippen LogP contribution < -0.4 is 4.90 Å². The number of carboxylic acid groups (broad SMARTS) is 1. The third-order valence-corrected chi connectivity index (χ3v) is 5.61. The first-order chi connectivity index (χ1) is 16.2. The van der Waals surface area contributed by atoms with Crippen molar-refractivity contribution < 1.29 is 24.2 Å². The number of benzene rings is 1. The SMILES string of the molecule is CC(C)(C)OC(=O)N1CCCCCCCN(C(=O)c2ccncc2)c2ccc(C(=O)O)cc2C1. The van der Waals surface area contributed by atoms with Crippen molar-refractivity contribution in [2.45, 2.75) is 65.0 Å². The summed E-state index contributed by atoms with van der Waals surface area (Å²) in [6.45, 7) is 6.56. The second-order valence-electron chi connectivity index (χ2n) is 9.51. The summed E-state index contributed by atoms with van der Waals surface area (Å²) in [6, 6.07) is 8.04. The van der Waals surface area contributed by atoms with Crippen LogP contribution in [0, 0.1) is 0 Å². The molecule has 2 aromatic rings. The van der Waals surface area contributed by atoms with Crippen molar-refractivity contribution in [2.75, 3.05) is 18.0 Å². The van der Waals surface area contributed by atoms with Crippen LogP contribution in [0.1, 0.15) is 79.2 Å². The van der Waals surface area contributed by atoms with E-state index in [4.69, 9.17) is 4.74 Å². The van der Waals surface area contributed by atoms with E-state index < -0.39 is 17.7 Å². The van der Waals surface area contributed by atoms with Crippen molar-refractivity contribution in [1.82, 2.24) is 9.88 Å². The second kappa shape index (κ2) is 11.1. The van der Waals surface area contributed by atoms with Crippen LogP contribution in [0.4, 0.5) is 10.5 Å². The minimum absolute atomic E-state index is 0.103. The zero-order chi connectivity index (χ0) is 24.7. The van der Waals surface area contributed by atoms with Crippen molar-refractivity contribution in [3.63, 3.8) is 0 Å². The molecule has 3 rings (SSSR count). The van der Waals surface area contributed by atoms with Crippen LogP contribution in [-0.4, -0.2) is 51.7 Å². The average molecular weight is 468 g/mol. The molecule has 2 amide bonds. The van der Waals surface area contributed by atoms with Gasteiger partial charge in [-0.05, 0) is 69.5 Å². The molecule has 0 radical (unpaired) electrons. The summed E-state index contributed by atoms with van der Waals surface area (Å²) in [5.41, 5.74) is 1.14. The number of nitrogens with zero attached hydrogens (tertiary/aromatic N) is 3. The fraction of sp³-hybridized carbons (Fsp3) is 0.462. The van der Waals surface area contributed by atoms with Crippen LogP contribution in [0.3, 0.4) is 0 Å². The molecule has 8 heteroatoms. The van der Waals surface area contributed by atoms with Gasteiger partial charge in [0.2, 0.25) is 0 Å². The number of rotatable bonds is 2. The molecule has 0 spiro atoms. The van der Waals surface area contributed by atoms with Crippen LogP contribution in [0.25, 0.3) is 0 Å². The Morgan fingerprint density at radius 1 is 0.912 bits per heavy atom. The number of carbonyl (C=O) groups excluding carboxylic acids is 2. The Kier molecular flexibility index (Phi) is 8.26. The predicted molar refractivity (Wildman–Crippen MR) is 129 cm³/mol. The van der Waals surface area contributed by atoms with Gasteiger partial charge in [-0.2, -0.15) is 0 Å². The summed E-state index contributed by atoms with van der Waals surface area (Å²) < 4.78 is 5.62. The van der Waals surface area contributed by atoms with Gasteiger partial charge < -0.3 is 19.6 Å². The summed E-state index contributed by atoms with van der Waals surface area (Å²) in [5.74, 6) is -1.25. The summed E-state index contributed by atoms with van der Waals surface area (Å²) >= 11 is 0. The zero-order valence-electron chi connectivity index (χ0n) is 20.1. The molecule has 182 valence electrons. The standard InChI is InChI=1S/C26H33N3O5/c1-26(2,3)34-25(33)28-15-7-5-4-6-8-16-29(23(30)19-11-13-27-14-12-19)22-10-9-20(24(31)32)17-21(22)18-28/h9-14,17H,4-8,15-16,18H2,1-3H3,(H,31,32). The van der Waals surface area contributed by atoms with Crippen molar-refractivity contribution >= 4 is 23.7 Å². The zero-order valence-corrected chi connectivity index (χ0v) is 20.1. The summed E-state index contributed by atoms with van der Waals surface area (Å²) in [4.78, 5) is 45.5. The molecule has 8 nitrogen and oxygen atoms in total. The van der Waals surface area contributed by atoms with Crippen molar-refractivity contribution in [2.24, 2.45) is 0 Å². The number of aromatic carboxylic acids is 1. The number of carbonyl (C=O) groups is 3. The molecule has 1 aliphatic rings. The lowest BCUT2D eigenvalue weighted by atomic mass is 10.0. The molecule has 2 heterocycles. The summed E-state index contributed by atoms with van der Waals surface area (Å²) in [5, 5.41) is 9.58. The number of carboxylic acids is 1. The highest BCUT2D eigenvalue weighted by atomic mass is 16.6. The van der Waals surface area contributed by atoms with Gasteiger partial charge in [-0.1, -0.05) is 19.3 Å². The van der Waals surface area contributed by atoms with Crippen molar-refractivity contribution in [3.8, 4) is 0 Å². The molecule has 1 aromatic carbocycles. The molecule has 0 bridgehead atoms. The van der Waals surface area contributed by atoms with Crippen LogP contribution in [-0.2, 0) is 11.3 Å². The molecule has 1 aromatic heterocycles. The van der Waals surface area contributed by atoms with E-state index in [2.05, 4.69) is 4.98 Å². The van der Waals surface area contributed by atoms with E-state index in [-0.39, 0.29) is 18.0 Å². The maximum Gasteiger partial charge on any atom is 0.410 e.